The molecular weight excluding hydrogens is 398 g/mol. The van der Waals surface area contributed by atoms with Crippen LogP contribution >= 0.6 is 11.3 Å². The van der Waals surface area contributed by atoms with E-state index in [4.69, 9.17) is 9.15 Å². The van der Waals surface area contributed by atoms with Crippen LogP contribution in [0.15, 0.2) is 64.6 Å². The van der Waals surface area contributed by atoms with Gasteiger partial charge in [0.05, 0.1) is 19.4 Å². The molecule has 1 N–H and O–H groups in total. The highest BCUT2D eigenvalue weighted by atomic mass is 32.1. The molecule has 6 nitrogen and oxygen atoms in total. The minimum absolute atomic E-state index is 0.0474. The molecule has 1 amide bonds. The molecule has 0 saturated carbocycles. The fraction of sp³-hybridized carbons (Fsp3) is 0.348. The second-order valence-electron chi connectivity index (χ2n) is 7.42. The van der Waals surface area contributed by atoms with Gasteiger partial charge in [0.2, 0.25) is 0 Å². The fourth-order valence-electron chi connectivity index (χ4n) is 4.02. The van der Waals surface area contributed by atoms with Gasteiger partial charge in [-0.1, -0.05) is 6.07 Å². The van der Waals surface area contributed by atoms with Crippen molar-refractivity contribution in [3.8, 4) is 5.75 Å². The van der Waals surface area contributed by atoms with Crippen LogP contribution in [-0.4, -0.2) is 50.1 Å². The summed E-state index contributed by atoms with van der Waals surface area (Å²) in [5.41, 5.74) is 1.21. The molecule has 0 aliphatic carbocycles. The summed E-state index contributed by atoms with van der Waals surface area (Å²) in [6, 6.07) is 15.9. The van der Waals surface area contributed by atoms with Crippen LogP contribution in [-0.2, 0) is 0 Å². The van der Waals surface area contributed by atoms with E-state index in [1.807, 2.05) is 12.1 Å². The molecule has 0 radical (unpaired) electrons. The van der Waals surface area contributed by atoms with Crippen molar-refractivity contribution in [2.45, 2.75) is 19.0 Å². The van der Waals surface area contributed by atoms with Crippen LogP contribution in [0.5, 0.6) is 5.75 Å². The highest BCUT2D eigenvalue weighted by molar-refractivity contribution is 7.10. The molecule has 158 valence electrons. The Morgan fingerprint density at radius 1 is 1.10 bits per heavy atom. The van der Waals surface area contributed by atoms with Crippen LogP contribution in [0.1, 0.15) is 28.4 Å². The zero-order valence-corrected chi connectivity index (χ0v) is 18.1. The number of piperazine rings is 1. The van der Waals surface area contributed by atoms with Crippen molar-refractivity contribution in [1.29, 1.82) is 0 Å². The number of hydrogen-bond acceptors (Lipinski definition) is 6. The molecular formula is C23H27N3O3S. The van der Waals surface area contributed by atoms with Gasteiger partial charge < -0.3 is 19.4 Å². The first-order valence-corrected chi connectivity index (χ1v) is 11.0. The zero-order valence-electron chi connectivity index (χ0n) is 17.3. The summed E-state index contributed by atoms with van der Waals surface area (Å²) in [5.74, 6) is 1.04. The SMILES string of the molecule is COc1ccc(N2CCN([C@@H](c3cccs3)[C@@H](C)NC(=O)c3ccco3)CC2)cc1. The van der Waals surface area contributed by atoms with Gasteiger partial charge in [0.1, 0.15) is 5.75 Å². The van der Waals surface area contributed by atoms with Gasteiger partial charge in [-0.2, -0.15) is 0 Å². The molecule has 1 saturated heterocycles. The summed E-state index contributed by atoms with van der Waals surface area (Å²) in [4.78, 5) is 18.7. The maximum atomic E-state index is 12.5. The van der Waals surface area contributed by atoms with Crippen molar-refractivity contribution in [3.63, 3.8) is 0 Å². The number of hydrogen-bond donors (Lipinski definition) is 1. The van der Waals surface area contributed by atoms with E-state index in [1.54, 1.807) is 30.6 Å². The van der Waals surface area contributed by atoms with Gasteiger partial charge >= 0.3 is 0 Å². The highest BCUT2D eigenvalue weighted by Gasteiger charge is 2.31. The molecule has 0 unspecified atom stereocenters. The molecule has 0 spiro atoms. The number of methoxy groups -OCH3 is 1. The van der Waals surface area contributed by atoms with Crippen LogP contribution in [0, 0.1) is 0 Å². The molecule has 3 aromatic rings. The van der Waals surface area contributed by atoms with Crippen LogP contribution in [0.25, 0.3) is 0 Å². The summed E-state index contributed by atoms with van der Waals surface area (Å²) in [6.45, 7) is 5.80. The van der Waals surface area contributed by atoms with E-state index in [2.05, 4.69) is 51.7 Å². The number of furan rings is 1. The summed E-state index contributed by atoms with van der Waals surface area (Å²) in [7, 11) is 1.68. The average Bonchev–Trinajstić information content (AvgIpc) is 3.49. The van der Waals surface area contributed by atoms with Crippen molar-refractivity contribution in [2.24, 2.45) is 0 Å². The number of nitrogens with one attached hydrogen (secondary N) is 1. The van der Waals surface area contributed by atoms with Crippen molar-refractivity contribution >= 4 is 22.9 Å². The van der Waals surface area contributed by atoms with Crippen molar-refractivity contribution in [1.82, 2.24) is 10.2 Å². The fourth-order valence-corrected chi connectivity index (χ4v) is 4.98. The maximum Gasteiger partial charge on any atom is 0.287 e. The molecule has 1 aromatic carbocycles. The number of ether oxygens (including phenoxy) is 1. The third-order valence-electron chi connectivity index (χ3n) is 5.56. The van der Waals surface area contributed by atoms with Gasteiger partial charge in [-0.05, 0) is 54.8 Å². The van der Waals surface area contributed by atoms with Crippen molar-refractivity contribution in [2.75, 3.05) is 38.2 Å². The van der Waals surface area contributed by atoms with Crippen LogP contribution in [0.3, 0.4) is 0 Å². The first-order chi connectivity index (χ1) is 14.7. The molecule has 4 rings (SSSR count). The van der Waals surface area contributed by atoms with E-state index in [-0.39, 0.29) is 18.0 Å². The lowest BCUT2D eigenvalue weighted by Crippen LogP contribution is -2.52. The zero-order chi connectivity index (χ0) is 20.9. The lowest BCUT2D eigenvalue weighted by molar-refractivity contribution is 0.0863. The Balaban J connectivity index is 1.44. The van der Waals surface area contributed by atoms with E-state index in [0.717, 1.165) is 31.9 Å². The third kappa shape index (κ3) is 4.52. The summed E-state index contributed by atoms with van der Waals surface area (Å²) in [5, 5.41) is 5.22. The second-order valence-corrected chi connectivity index (χ2v) is 8.40. The van der Waals surface area contributed by atoms with E-state index < -0.39 is 0 Å². The van der Waals surface area contributed by atoms with E-state index >= 15 is 0 Å². The van der Waals surface area contributed by atoms with Gasteiger partial charge in [-0.3, -0.25) is 9.69 Å². The Bertz CT molecular complexity index is 917. The van der Waals surface area contributed by atoms with Gasteiger partial charge in [0, 0.05) is 42.8 Å². The standard InChI is InChI=1S/C23H27N3O3S/c1-17(24-23(27)20-5-3-15-29-20)22(21-6-4-16-30-21)26-13-11-25(12-14-26)18-7-9-19(28-2)10-8-18/h3-10,15-17,22H,11-14H2,1-2H3,(H,24,27)/t17-,22-/m1/s1. The lowest BCUT2D eigenvalue weighted by atomic mass is 10.0. The quantitative estimate of drug-likeness (QED) is 0.619. The Hall–Kier alpha value is -2.77. The Morgan fingerprint density at radius 3 is 2.47 bits per heavy atom. The normalized spacial score (nSPS) is 16.8. The smallest absolute Gasteiger partial charge is 0.287 e. The van der Waals surface area contributed by atoms with Crippen LogP contribution in [0.2, 0.25) is 0 Å². The Labute approximate surface area is 181 Å². The molecule has 7 heteroatoms. The first-order valence-electron chi connectivity index (χ1n) is 10.2. The van der Waals surface area contributed by atoms with Gasteiger partial charge in [0.15, 0.2) is 5.76 Å². The highest BCUT2D eigenvalue weighted by Crippen LogP contribution is 2.30. The monoisotopic (exact) mass is 425 g/mol. The lowest BCUT2D eigenvalue weighted by Gasteiger charge is -2.42. The topological polar surface area (TPSA) is 58.0 Å². The van der Waals surface area contributed by atoms with E-state index in [1.165, 1.54) is 16.8 Å². The molecule has 3 heterocycles. The number of benzene rings is 1. The number of anilines is 1. The number of carbonyl (C=O) groups excluding carboxylic acids is 1. The number of carbonyl (C=O) groups is 1. The number of thiophene rings is 1. The molecule has 2 atom stereocenters. The van der Waals surface area contributed by atoms with Crippen LogP contribution < -0.4 is 15.0 Å². The average molecular weight is 426 g/mol. The molecule has 1 aliphatic heterocycles. The van der Waals surface area contributed by atoms with Gasteiger partial charge in [0.25, 0.3) is 5.91 Å². The van der Waals surface area contributed by atoms with E-state index in [0.29, 0.717) is 5.76 Å². The summed E-state index contributed by atoms with van der Waals surface area (Å²) < 4.78 is 10.5. The molecule has 1 aliphatic rings. The largest absolute Gasteiger partial charge is 0.497 e. The molecule has 2 aromatic heterocycles. The van der Waals surface area contributed by atoms with Gasteiger partial charge in [-0.25, -0.2) is 0 Å². The minimum atomic E-state index is -0.175. The molecule has 0 bridgehead atoms. The van der Waals surface area contributed by atoms with Crippen molar-refractivity contribution in [3.05, 3.63) is 70.8 Å². The third-order valence-corrected chi connectivity index (χ3v) is 6.50. The molecule has 30 heavy (non-hydrogen) atoms. The van der Waals surface area contributed by atoms with Gasteiger partial charge in [-0.15, -0.1) is 11.3 Å². The molecule has 1 fully saturated rings. The Kier molecular flexibility index (Phi) is 6.40. The predicted molar refractivity (Wildman–Crippen MR) is 119 cm³/mol. The summed E-state index contributed by atoms with van der Waals surface area (Å²) >= 11 is 1.73. The second kappa shape index (κ2) is 9.36. The minimum Gasteiger partial charge on any atom is -0.497 e. The first kappa shape index (κ1) is 20.5. The summed E-state index contributed by atoms with van der Waals surface area (Å²) in [6.07, 6.45) is 1.52. The number of nitrogens with zero attached hydrogens (tertiary/aromatic N) is 2. The maximum absolute atomic E-state index is 12.5. The predicted octanol–water partition coefficient (Wildman–Crippen LogP) is 4.03. The van der Waals surface area contributed by atoms with Crippen LogP contribution in [0.4, 0.5) is 5.69 Å². The number of rotatable bonds is 7. The van der Waals surface area contributed by atoms with Crippen molar-refractivity contribution < 1.29 is 13.9 Å². The number of amides is 1. The van der Waals surface area contributed by atoms with E-state index in [9.17, 15) is 4.79 Å². The Morgan fingerprint density at radius 2 is 1.87 bits per heavy atom.